The van der Waals surface area contributed by atoms with Crippen molar-refractivity contribution in [3.63, 3.8) is 0 Å². The van der Waals surface area contributed by atoms with Crippen molar-refractivity contribution in [3.8, 4) is 0 Å². The first-order valence-corrected chi connectivity index (χ1v) is 27.8. The molecule has 0 aromatic carbocycles. The fraction of sp³-hybridized carbons (Fsp3) is 0.932. The van der Waals surface area contributed by atoms with Gasteiger partial charge >= 0.3 is 72.4 Å². The molecule has 0 aliphatic rings. The molecule has 0 aromatic heterocycles. The summed E-state index contributed by atoms with van der Waals surface area (Å²) in [5.41, 5.74) is 0. The summed E-state index contributed by atoms with van der Waals surface area (Å²) in [6.45, 7) is 15.4. The Bertz CT molecular complexity index is 759. The molecule has 0 heterocycles. The van der Waals surface area contributed by atoms with Crippen LogP contribution in [0, 0.1) is 17.8 Å². The maximum atomic E-state index is 10.3. The van der Waals surface area contributed by atoms with E-state index in [1.165, 1.54) is 120 Å². The van der Waals surface area contributed by atoms with Crippen LogP contribution in [0.4, 0.5) is 0 Å². The van der Waals surface area contributed by atoms with Crippen molar-refractivity contribution >= 4 is 75.7 Å². The SMILES string of the molecule is CCCCC(CC)CSCCC(O)C(=O)[O-].CCCCC(CC)CSCCC(O)C(=O)[O-].CCCCC(CC)CSCCC(O)C(=O)[O-].CCCCCCC[CH2][Sn+3]. The minimum absolute atomic E-state index is 0.289. The summed E-state index contributed by atoms with van der Waals surface area (Å²) in [5, 5.41) is 57.8. The van der Waals surface area contributed by atoms with Crippen LogP contribution in [-0.4, -0.2) is 109 Å². The van der Waals surface area contributed by atoms with Gasteiger partial charge in [-0.05, 0) is 90.8 Å². The van der Waals surface area contributed by atoms with Crippen LogP contribution in [0.2, 0.25) is 4.44 Å². The van der Waals surface area contributed by atoms with Gasteiger partial charge in [0.15, 0.2) is 0 Å². The molecule has 6 unspecified atom stereocenters. The average Bonchev–Trinajstić information content (AvgIpc) is 3.20. The van der Waals surface area contributed by atoms with Crippen LogP contribution in [0.1, 0.15) is 183 Å². The minimum atomic E-state index is -1.36. The van der Waals surface area contributed by atoms with Gasteiger partial charge in [0.1, 0.15) is 0 Å². The molecule has 6 atom stereocenters. The molecule has 0 radical (unpaired) electrons. The summed E-state index contributed by atoms with van der Waals surface area (Å²) in [6.07, 6.45) is 20.4. The van der Waals surface area contributed by atoms with Gasteiger partial charge in [0.2, 0.25) is 0 Å². The van der Waals surface area contributed by atoms with Crippen molar-refractivity contribution in [1.29, 1.82) is 0 Å². The Balaban J connectivity index is -0.000000335. The van der Waals surface area contributed by atoms with Gasteiger partial charge in [-0.25, -0.2) is 0 Å². The van der Waals surface area contributed by atoms with Crippen molar-refractivity contribution in [2.75, 3.05) is 34.5 Å². The Morgan fingerprint density at radius 3 is 0.930 bits per heavy atom. The van der Waals surface area contributed by atoms with Crippen molar-refractivity contribution < 1.29 is 45.0 Å². The fourth-order valence-electron chi connectivity index (χ4n) is 5.29. The van der Waals surface area contributed by atoms with Crippen LogP contribution >= 0.6 is 35.3 Å². The molecule has 57 heavy (non-hydrogen) atoms. The van der Waals surface area contributed by atoms with Crippen molar-refractivity contribution in [3.05, 3.63) is 0 Å². The molecule has 0 rings (SSSR count). The number of carbonyl (C=O) groups is 3. The van der Waals surface area contributed by atoms with E-state index in [9.17, 15) is 29.7 Å². The third-order valence-electron chi connectivity index (χ3n) is 9.64. The van der Waals surface area contributed by atoms with E-state index in [1.54, 1.807) is 57.8 Å². The zero-order valence-corrected chi connectivity index (χ0v) is 42.6. The fourth-order valence-corrected chi connectivity index (χ4v) is 9.88. The molecule has 0 aliphatic heterocycles. The summed E-state index contributed by atoms with van der Waals surface area (Å²) >= 11 is 6.90. The quantitative estimate of drug-likeness (QED) is 0.0424. The van der Waals surface area contributed by atoms with Gasteiger partial charge in [-0.1, -0.05) is 99.3 Å². The maximum absolute atomic E-state index is 10.3. The van der Waals surface area contributed by atoms with E-state index in [4.69, 9.17) is 15.3 Å². The monoisotopic (exact) mass is 974 g/mol. The molecule has 13 heteroatoms. The second-order valence-corrected chi connectivity index (χ2v) is 19.7. The number of hydrogen-bond donors (Lipinski definition) is 3. The molecular formula is C44H86O9S3Sn. The molecular weight excluding hydrogens is 887 g/mol. The summed E-state index contributed by atoms with van der Waals surface area (Å²) in [5.74, 6) is 3.37. The van der Waals surface area contributed by atoms with Crippen LogP contribution in [0.25, 0.3) is 0 Å². The number of aliphatic hydroxyl groups is 3. The second-order valence-electron chi connectivity index (χ2n) is 14.9. The van der Waals surface area contributed by atoms with Crippen LogP contribution in [0.5, 0.6) is 0 Å². The molecule has 338 valence electrons. The number of unbranched alkanes of at least 4 members (excludes halogenated alkanes) is 8. The van der Waals surface area contributed by atoms with Crippen LogP contribution in [0.3, 0.4) is 0 Å². The molecule has 0 aromatic rings. The molecule has 0 spiro atoms. The van der Waals surface area contributed by atoms with E-state index in [0.29, 0.717) is 17.3 Å². The van der Waals surface area contributed by atoms with E-state index >= 15 is 0 Å². The number of hydrogen-bond acceptors (Lipinski definition) is 12. The molecule has 0 saturated heterocycles. The molecule has 0 aliphatic carbocycles. The topological polar surface area (TPSA) is 181 Å². The predicted molar refractivity (Wildman–Crippen MR) is 243 cm³/mol. The standard InChI is InChI=1S/3C12H24O3S.C8H17.Sn/c3*1-3-5-6-10(4-2)9-16-8-7-11(13)12(14)15;1-3-5-7-8-6-4-2;/h3*10-11,13H,3-9H2,1-2H3,(H,14,15);1,3-8H2,2H3;/q;;;;+3/p-3. The number of carboxylic acids is 3. The first-order valence-electron chi connectivity index (χ1n) is 22.3. The molecule has 9 nitrogen and oxygen atoms in total. The van der Waals surface area contributed by atoms with E-state index in [-0.39, 0.29) is 19.3 Å². The van der Waals surface area contributed by atoms with Gasteiger partial charge < -0.3 is 45.0 Å². The van der Waals surface area contributed by atoms with Gasteiger partial charge in [0.25, 0.3) is 0 Å². The summed E-state index contributed by atoms with van der Waals surface area (Å²) in [6, 6.07) is 0. The van der Waals surface area contributed by atoms with Crippen molar-refractivity contribution in [1.82, 2.24) is 0 Å². The molecule has 0 saturated carbocycles. The second kappa shape index (κ2) is 50.5. The number of aliphatic hydroxyl groups excluding tert-OH is 3. The number of thioether (sulfide) groups is 3. The van der Waals surface area contributed by atoms with E-state index in [1.807, 2.05) is 0 Å². The van der Waals surface area contributed by atoms with E-state index in [0.717, 1.165) is 35.0 Å². The van der Waals surface area contributed by atoms with E-state index < -0.39 is 36.2 Å². The van der Waals surface area contributed by atoms with Gasteiger partial charge in [-0.15, -0.1) is 0 Å². The van der Waals surface area contributed by atoms with Crippen molar-refractivity contribution in [2.45, 2.75) is 206 Å². The zero-order chi connectivity index (χ0) is 44.1. The summed E-state index contributed by atoms with van der Waals surface area (Å²) < 4.78 is 1.46. The third kappa shape index (κ3) is 50.4. The first-order chi connectivity index (χ1) is 27.3. The summed E-state index contributed by atoms with van der Waals surface area (Å²) in [4.78, 5) is 30.8. The summed E-state index contributed by atoms with van der Waals surface area (Å²) in [7, 11) is 0. The normalized spacial score (nSPS) is 14.0. The first kappa shape index (κ1) is 63.8. The molecule has 0 fully saturated rings. The average molecular weight is 974 g/mol. The van der Waals surface area contributed by atoms with Gasteiger partial charge in [-0.3, -0.25) is 0 Å². The molecule has 3 N–H and O–H groups in total. The van der Waals surface area contributed by atoms with E-state index in [2.05, 4.69) is 48.5 Å². The van der Waals surface area contributed by atoms with Crippen LogP contribution in [-0.2, 0) is 14.4 Å². The van der Waals surface area contributed by atoms with Gasteiger partial charge in [-0.2, -0.15) is 35.3 Å². The van der Waals surface area contributed by atoms with Gasteiger partial charge in [0.05, 0.1) is 36.2 Å². The van der Waals surface area contributed by atoms with Crippen LogP contribution in [0.15, 0.2) is 0 Å². The predicted octanol–water partition coefficient (Wildman–Crippen LogP) is 7.24. The Kier molecular flexibility index (Phi) is 56.5. The zero-order valence-electron chi connectivity index (χ0n) is 37.3. The third-order valence-corrected chi connectivity index (χ3v) is 14.3. The Morgan fingerprint density at radius 2 is 0.702 bits per heavy atom. The Morgan fingerprint density at radius 1 is 0.439 bits per heavy atom. The number of aliphatic carboxylic acids is 3. The van der Waals surface area contributed by atoms with Gasteiger partial charge in [0, 0.05) is 0 Å². The Hall–Kier alpha value is 0.139. The Labute approximate surface area is 376 Å². The number of rotatable bonds is 36. The van der Waals surface area contributed by atoms with Crippen LogP contribution < -0.4 is 15.3 Å². The van der Waals surface area contributed by atoms with Crippen molar-refractivity contribution in [2.24, 2.45) is 17.8 Å². The molecule has 0 bridgehead atoms. The molecule has 0 amide bonds. The number of carbonyl (C=O) groups excluding carboxylic acids is 3. The number of carboxylic acid groups (broad SMARTS) is 3.